The second-order valence-corrected chi connectivity index (χ2v) is 7.38. The van der Waals surface area contributed by atoms with Crippen LogP contribution in [0.25, 0.3) is 16.9 Å². The van der Waals surface area contributed by atoms with E-state index in [-0.39, 0.29) is 0 Å². The summed E-state index contributed by atoms with van der Waals surface area (Å²) in [5, 5.41) is 3.31. The number of hydrogen-bond donors (Lipinski definition) is 1. The van der Waals surface area contributed by atoms with E-state index < -0.39 is 11.7 Å². The molecule has 1 aliphatic heterocycles. The predicted molar refractivity (Wildman–Crippen MR) is 103 cm³/mol. The lowest BCUT2D eigenvalue weighted by Crippen LogP contribution is -2.43. The van der Waals surface area contributed by atoms with Crippen LogP contribution in [-0.4, -0.2) is 40.5 Å². The third-order valence-corrected chi connectivity index (χ3v) is 5.41. The van der Waals surface area contributed by atoms with Crippen molar-refractivity contribution in [2.75, 3.05) is 26.2 Å². The van der Waals surface area contributed by atoms with Gasteiger partial charge in [0.25, 0.3) is 0 Å². The van der Waals surface area contributed by atoms with Gasteiger partial charge in [-0.3, -0.25) is 4.90 Å². The van der Waals surface area contributed by atoms with Crippen LogP contribution in [-0.2, 0) is 12.7 Å². The Balaban J connectivity index is 1.86. The van der Waals surface area contributed by atoms with Crippen LogP contribution in [0.1, 0.15) is 22.4 Å². The largest absolute Gasteiger partial charge is 0.417 e. The molecule has 0 saturated carbocycles. The zero-order valence-corrected chi connectivity index (χ0v) is 16.0. The smallest absolute Gasteiger partial charge is 0.314 e. The number of rotatable bonds is 3. The third kappa shape index (κ3) is 3.64. The van der Waals surface area contributed by atoms with Gasteiger partial charge in [0.15, 0.2) is 0 Å². The van der Waals surface area contributed by atoms with E-state index in [2.05, 4.69) is 16.3 Å². The van der Waals surface area contributed by atoms with Crippen LogP contribution in [0.5, 0.6) is 0 Å². The van der Waals surface area contributed by atoms with Gasteiger partial charge in [0, 0.05) is 44.5 Å². The van der Waals surface area contributed by atoms with Crippen LogP contribution < -0.4 is 5.32 Å². The van der Waals surface area contributed by atoms with Crippen LogP contribution in [0.3, 0.4) is 0 Å². The van der Waals surface area contributed by atoms with E-state index in [0.29, 0.717) is 12.2 Å². The molecule has 0 amide bonds. The normalized spacial score (nSPS) is 16.0. The zero-order valence-electron chi connectivity index (χ0n) is 16.0. The molecule has 0 aliphatic carbocycles. The molecular formula is C21H23F3N4. The van der Waals surface area contributed by atoms with Crippen molar-refractivity contribution >= 4 is 5.65 Å². The Labute approximate surface area is 162 Å². The minimum absolute atomic E-state index is 0.534. The van der Waals surface area contributed by atoms with Crippen molar-refractivity contribution in [2.45, 2.75) is 26.6 Å². The number of aromatic nitrogens is 2. The van der Waals surface area contributed by atoms with Crippen LogP contribution in [0.4, 0.5) is 13.2 Å². The highest BCUT2D eigenvalue weighted by Crippen LogP contribution is 2.32. The lowest BCUT2D eigenvalue weighted by atomic mass is 10.0. The topological polar surface area (TPSA) is 32.6 Å². The van der Waals surface area contributed by atoms with Gasteiger partial charge in [0.1, 0.15) is 5.65 Å². The maximum atomic E-state index is 13.3. The lowest BCUT2D eigenvalue weighted by Gasteiger charge is -2.27. The lowest BCUT2D eigenvalue weighted by molar-refractivity contribution is -0.137. The van der Waals surface area contributed by atoms with Gasteiger partial charge in [-0.15, -0.1) is 0 Å². The SMILES string of the molecule is Cc1ccc(-c2nc3ccc(C(F)(F)F)cn3c2CN2CCNCC2)cc1C. The van der Waals surface area contributed by atoms with Gasteiger partial charge in [0.05, 0.1) is 17.0 Å². The monoisotopic (exact) mass is 388 g/mol. The first-order valence-electron chi connectivity index (χ1n) is 9.42. The van der Waals surface area contributed by atoms with Crippen molar-refractivity contribution in [2.24, 2.45) is 0 Å². The Bertz CT molecular complexity index is 1000. The number of pyridine rings is 1. The number of hydrogen-bond acceptors (Lipinski definition) is 3. The summed E-state index contributed by atoms with van der Waals surface area (Å²) in [6, 6.07) is 8.64. The molecular weight excluding hydrogens is 365 g/mol. The van der Waals surface area contributed by atoms with Crippen molar-refractivity contribution in [3.63, 3.8) is 0 Å². The summed E-state index contributed by atoms with van der Waals surface area (Å²) in [7, 11) is 0. The highest BCUT2D eigenvalue weighted by atomic mass is 19.4. The average molecular weight is 388 g/mol. The number of nitrogens with zero attached hydrogens (tertiary/aromatic N) is 3. The quantitative estimate of drug-likeness (QED) is 0.735. The standard InChI is InChI=1S/C21H23F3N4/c1-14-3-4-16(11-15(14)2)20-18(13-27-9-7-25-8-10-27)28-12-17(21(22,23)24)5-6-19(28)26-20/h3-6,11-12,25H,7-10,13H2,1-2H3. The van der Waals surface area contributed by atoms with Crippen molar-refractivity contribution < 1.29 is 13.2 Å². The Kier molecular flexibility index (Phi) is 4.89. The van der Waals surface area contributed by atoms with Gasteiger partial charge in [-0.05, 0) is 43.2 Å². The summed E-state index contributed by atoms with van der Waals surface area (Å²) in [6.07, 6.45) is -3.21. The second-order valence-electron chi connectivity index (χ2n) is 7.38. The molecule has 2 aromatic heterocycles. The number of nitrogens with one attached hydrogen (secondary N) is 1. The molecule has 0 atom stereocenters. The van der Waals surface area contributed by atoms with Gasteiger partial charge < -0.3 is 9.72 Å². The molecule has 4 rings (SSSR count). The molecule has 1 fully saturated rings. The Hall–Kier alpha value is -2.38. The highest BCUT2D eigenvalue weighted by molar-refractivity contribution is 5.68. The van der Waals surface area contributed by atoms with E-state index in [0.717, 1.165) is 54.8 Å². The van der Waals surface area contributed by atoms with E-state index in [1.165, 1.54) is 17.8 Å². The molecule has 1 aliphatic rings. The van der Waals surface area contributed by atoms with Gasteiger partial charge in [0.2, 0.25) is 0 Å². The molecule has 3 aromatic rings. The van der Waals surface area contributed by atoms with Gasteiger partial charge >= 0.3 is 6.18 Å². The third-order valence-electron chi connectivity index (χ3n) is 5.41. The maximum Gasteiger partial charge on any atom is 0.417 e. The number of aryl methyl sites for hydroxylation is 2. The molecule has 1 aromatic carbocycles. The van der Waals surface area contributed by atoms with Crippen LogP contribution in [0.2, 0.25) is 0 Å². The van der Waals surface area contributed by atoms with Gasteiger partial charge in [-0.1, -0.05) is 12.1 Å². The van der Waals surface area contributed by atoms with Crippen molar-refractivity contribution in [1.29, 1.82) is 0 Å². The van der Waals surface area contributed by atoms with Gasteiger partial charge in [-0.25, -0.2) is 4.98 Å². The highest BCUT2D eigenvalue weighted by Gasteiger charge is 2.31. The molecule has 4 nitrogen and oxygen atoms in total. The fourth-order valence-electron chi connectivity index (χ4n) is 3.61. The number of alkyl halides is 3. The van der Waals surface area contributed by atoms with Crippen LogP contribution in [0.15, 0.2) is 36.5 Å². The minimum Gasteiger partial charge on any atom is -0.314 e. The van der Waals surface area contributed by atoms with Crippen molar-refractivity contribution in [1.82, 2.24) is 19.6 Å². The maximum absolute atomic E-state index is 13.3. The molecule has 0 bridgehead atoms. The molecule has 1 N–H and O–H groups in total. The fourth-order valence-corrected chi connectivity index (χ4v) is 3.61. The van der Waals surface area contributed by atoms with Crippen LogP contribution in [0, 0.1) is 13.8 Å². The van der Waals surface area contributed by atoms with E-state index in [1.54, 1.807) is 4.40 Å². The Morgan fingerprint density at radius 1 is 1.04 bits per heavy atom. The summed E-state index contributed by atoms with van der Waals surface area (Å²) in [5.41, 5.74) is 4.67. The molecule has 28 heavy (non-hydrogen) atoms. The molecule has 7 heteroatoms. The summed E-state index contributed by atoms with van der Waals surface area (Å²) in [6.45, 7) is 8.11. The fraction of sp³-hybridized carbons (Fsp3) is 0.381. The predicted octanol–water partition coefficient (Wildman–Crippen LogP) is 4.04. The zero-order chi connectivity index (χ0) is 19.9. The molecule has 0 spiro atoms. The Morgan fingerprint density at radius 2 is 1.79 bits per heavy atom. The first-order chi connectivity index (χ1) is 13.3. The number of piperazine rings is 1. The van der Waals surface area contributed by atoms with Crippen molar-refractivity contribution in [3.8, 4) is 11.3 Å². The van der Waals surface area contributed by atoms with E-state index >= 15 is 0 Å². The molecule has 0 radical (unpaired) electrons. The van der Waals surface area contributed by atoms with E-state index in [9.17, 15) is 13.2 Å². The summed E-state index contributed by atoms with van der Waals surface area (Å²) in [5.74, 6) is 0. The van der Waals surface area contributed by atoms with Crippen molar-refractivity contribution in [3.05, 3.63) is 58.9 Å². The number of fused-ring (bicyclic) bond motifs is 1. The average Bonchev–Trinajstić information content (AvgIpc) is 3.02. The van der Waals surface area contributed by atoms with E-state index in [1.807, 2.05) is 26.0 Å². The molecule has 148 valence electrons. The Morgan fingerprint density at radius 3 is 2.46 bits per heavy atom. The molecule has 1 saturated heterocycles. The molecule has 0 unspecified atom stereocenters. The van der Waals surface area contributed by atoms with Crippen LogP contribution >= 0.6 is 0 Å². The second kappa shape index (κ2) is 7.22. The first kappa shape index (κ1) is 19.0. The van der Waals surface area contributed by atoms with E-state index in [4.69, 9.17) is 4.98 Å². The molecule has 3 heterocycles. The summed E-state index contributed by atoms with van der Waals surface area (Å²) >= 11 is 0. The number of imidazole rings is 1. The number of benzene rings is 1. The van der Waals surface area contributed by atoms with Gasteiger partial charge in [-0.2, -0.15) is 13.2 Å². The minimum atomic E-state index is -4.38. The summed E-state index contributed by atoms with van der Waals surface area (Å²) in [4.78, 5) is 6.95. The number of halogens is 3. The summed E-state index contributed by atoms with van der Waals surface area (Å²) < 4.78 is 41.4. The first-order valence-corrected chi connectivity index (χ1v) is 9.42.